The van der Waals surface area contributed by atoms with E-state index in [0.717, 1.165) is 39.4 Å². The largest absolute Gasteiger partial charge is 0.292 e. The van der Waals surface area contributed by atoms with Crippen LogP contribution in [-0.4, -0.2) is 14.5 Å². The monoisotopic (exact) mass is 489 g/mol. The first kappa shape index (κ1) is 22.9. The molecule has 36 heavy (non-hydrogen) atoms. The van der Waals surface area contributed by atoms with Crippen LogP contribution in [0.2, 0.25) is 0 Å². The van der Waals surface area contributed by atoms with Crippen LogP contribution in [0.1, 0.15) is 63.3 Å². The molecule has 0 amide bonds. The maximum absolute atomic E-state index is 5.21. The Morgan fingerprint density at radius 1 is 0.778 bits per heavy atom. The van der Waals surface area contributed by atoms with Gasteiger partial charge in [-0.05, 0) is 71.8 Å². The normalized spacial score (nSPS) is 12.1. The number of imidazole rings is 1. The quantitative estimate of drug-likeness (QED) is 0.241. The van der Waals surface area contributed by atoms with E-state index in [2.05, 4.69) is 112 Å². The zero-order valence-electron chi connectivity index (χ0n) is 21.5. The maximum Gasteiger partial charge on any atom is 0.145 e. The SMILES string of the molecule is CCc1ccc2c(n1)sc1ccc(-c3nc4ccccc4n3-c3c(C(C)C)cccc3C(C)C)cc12. The van der Waals surface area contributed by atoms with E-state index in [9.17, 15) is 0 Å². The van der Waals surface area contributed by atoms with Crippen LogP contribution in [-0.2, 0) is 6.42 Å². The minimum absolute atomic E-state index is 0.398. The first-order valence-electron chi connectivity index (χ1n) is 12.9. The van der Waals surface area contributed by atoms with Gasteiger partial charge in [0.05, 0.1) is 16.7 Å². The van der Waals surface area contributed by atoms with Gasteiger partial charge in [0.2, 0.25) is 0 Å². The lowest BCUT2D eigenvalue weighted by atomic mass is 9.92. The average molecular weight is 490 g/mol. The van der Waals surface area contributed by atoms with Crippen LogP contribution in [0.4, 0.5) is 0 Å². The van der Waals surface area contributed by atoms with Crippen LogP contribution in [0, 0.1) is 0 Å². The molecule has 0 bridgehead atoms. The Kier molecular flexibility index (Phi) is 5.65. The number of nitrogens with zero attached hydrogens (tertiary/aromatic N) is 3. The number of thiophene rings is 1. The minimum atomic E-state index is 0.398. The van der Waals surface area contributed by atoms with Crippen molar-refractivity contribution in [2.45, 2.75) is 52.9 Å². The number of aryl methyl sites for hydroxylation is 1. The number of pyridine rings is 1. The Balaban J connectivity index is 1.67. The Morgan fingerprint density at radius 2 is 1.53 bits per heavy atom. The summed E-state index contributed by atoms with van der Waals surface area (Å²) >= 11 is 1.78. The number of para-hydroxylation sites is 3. The second kappa shape index (κ2) is 8.86. The summed E-state index contributed by atoms with van der Waals surface area (Å²) in [7, 11) is 0. The van der Waals surface area contributed by atoms with Gasteiger partial charge in [-0.25, -0.2) is 9.97 Å². The van der Waals surface area contributed by atoms with Gasteiger partial charge < -0.3 is 0 Å². The molecule has 180 valence electrons. The zero-order chi connectivity index (χ0) is 25.0. The summed E-state index contributed by atoms with van der Waals surface area (Å²) in [5, 5.41) is 2.48. The molecule has 4 heteroatoms. The van der Waals surface area contributed by atoms with Gasteiger partial charge in [-0.1, -0.05) is 65.0 Å². The number of rotatable bonds is 5. The van der Waals surface area contributed by atoms with Crippen molar-refractivity contribution in [2.75, 3.05) is 0 Å². The summed E-state index contributed by atoms with van der Waals surface area (Å²) in [4.78, 5) is 11.2. The molecule has 0 aliphatic rings. The number of benzene rings is 3. The number of fused-ring (bicyclic) bond motifs is 4. The molecule has 3 heterocycles. The molecule has 0 unspecified atom stereocenters. The summed E-state index contributed by atoms with van der Waals surface area (Å²) in [6.45, 7) is 11.3. The average Bonchev–Trinajstić information content (AvgIpc) is 3.45. The van der Waals surface area contributed by atoms with Crippen molar-refractivity contribution in [3.8, 4) is 17.1 Å². The van der Waals surface area contributed by atoms with Gasteiger partial charge in [-0.2, -0.15) is 0 Å². The second-order valence-electron chi connectivity index (χ2n) is 10.2. The third-order valence-electron chi connectivity index (χ3n) is 7.14. The van der Waals surface area contributed by atoms with E-state index in [1.165, 1.54) is 32.3 Å². The highest BCUT2D eigenvalue weighted by molar-refractivity contribution is 7.25. The van der Waals surface area contributed by atoms with Crippen LogP contribution < -0.4 is 0 Å². The van der Waals surface area contributed by atoms with Gasteiger partial charge in [-0.15, -0.1) is 11.3 Å². The molecule has 3 aromatic heterocycles. The molecule has 0 radical (unpaired) electrons. The molecule has 0 aliphatic carbocycles. The summed E-state index contributed by atoms with van der Waals surface area (Å²) in [5.74, 6) is 1.79. The number of aromatic nitrogens is 3. The summed E-state index contributed by atoms with van der Waals surface area (Å²) in [6.07, 6.45) is 0.951. The Bertz CT molecular complexity index is 1710. The van der Waals surface area contributed by atoms with Crippen LogP contribution in [0.3, 0.4) is 0 Å². The molecule has 6 aromatic rings. The molecule has 0 saturated heterocycles. The third kappa shape index (κ3) is 3.63. The standard InChI is InChI=1S/C32H31N3S/c1-6-22-15-16-25-26-18-21(14-17-29(26)36-32(25)33-22)31-34-27-12-7-8-13-28(27)35(31)30-23(19(2)3)10-9-11-24(30)20(4)5/h7-20H,6H2,1-5H3. The maximum atomic E-state index is 5.21. The molecule has 0 atom stereocenters. The summed E-state index contributed by atoms with van der Waals surface area (Å²) in [6, 6.07) is 26.4. The lowest BCUT2D eigenvalue weighted by Gasteiger charge is -2.22. The molecule has 0 N–H and O–H groups in total. The van der Waals surface area contributed by atoms with Crippen molar-refractivity contribution in [3.63, 3.8) is 0 Å². The fourth-order valence-electron chi connectivity index (χ4n) is 5.25. The number of hydrogen-bond donors (Lipinski definition) is 0. The molecule has 0 spiro atoms. The molecular weight excluding hydrogens is 458 g/mol. The van der Waals surface area contributed by atoms with Gasteiger partial charge >= 0.3 is 0 Å². The predicted molar refractivity (Wildman–Crippen MR) is 155 cm³/mol. The van der Waals surface area contributed by atoms with E-state index < -0.39 is 0 Å². The van der Waals surface area contributed by atoms with Crippen molar-refractivity contribution in [1.82, 2.24) is 14.5 Å². The summed E-state index contributed by atoms with van der Waals surface area (Å²) in [5.41, 5.74) is 8.41. The van der Waals surface area contributed by atoms with Crippen LogP contribution in [0.15, 0.2) is 72.8 Å². The van der Waals surface area contributed by atoms with Crippen LogP contribution in [0.25, 0.3) is 48.4 Å². The van der Waals surface area contributed by atoms with Gasteiger partial charge in [-0.3, -0.25) is 4.57 Å². The number of hydrogen-bond acceptors (Lipinski definition) is 3. The van der Waals surface area contributed by atoms with Gasteiger partial charge in [0.1, 0.15) is 10.7 Å². The molecule has 3 aromatic carbocycles. The second-order valence-corrected chi connectivity index (χ2v) is 11.2. The highest BCUT2D eigenvalue weighted by Gasteiger charge is 2.22. The molecule has 0 saturated carbocycles. The molecule has 0 fully saturated rings. The fourth-order valence-corrected chi connectivity index (χ4v) is 6.32. The van der Waals surface area contributed by atoms with Crippen LogP contribution >= 0.6 is 11.3 Å². The summed E-state index contributed by atoms with van der Waals surface area (Å²) < 4.78 is 3.67. The van der Waals surface area contributed by atoms with Crippen molar-refractivity contribution in [1.29, 1.82) is 0 Å². The van der Waals surface area contributed by atoms with Crippen molar-refractivity contribution in [2.24, 2.45) is 0 Å². The van der Waals surface area contributed by atoms with Crippen LogP contribution in [0.5, 0.6) is 0 Å². The van der Waals surface area contributed by atoms with Crippen molar-refractivity contribution >= 4 is 42.7 Å². The van der Waals surface area contributed by atoms with E-state index in [1.807, 2.05) is 0 Å². The lowest BCUT2D eigenvalue weighted by molar-refractivity contribution is 0.811. The third-order valence-corrected chi connectivity index (χ3v) is 8.22. The van der Waals surface area contributed by atoms with Gasteiger partial charge in [0.25, 0.3) is 0 Å². The molecule has 6 rings (SSSR count). The van der Waals surface area contributed by atoms with Crippen molar-refractivity contribution < 1.29 is 0 Å². The van der Waals surface area contributed by atoms with Gasteiger partial charge in [0.15, 0.2) is 0 Å². The zero-order valence-corrected chi connectivity index (χ0v) is 22.4. The fraction of sp³-hybridized carbons (Fsp3) is 0.250. The lowest BCUT2D eigenvalue weighted by Crippen LogP contribution is -2.08. The predicted octanol–water partition coefficient (Wildman–Crippen LogP) is 9.26. The molecule has 0 aliphatic heterocycles. The Hall–Kier alpha value is -3.50. The Labute approximate surface area is 216 Å². The van der Waals surface area contributed by atoms with E-state index >= 15 is 0 Å². The first-order valence-corrected chi connectivity index (χ1v) is 13.7. The highest BCUT2D eigenvalue weighted by atomic mass is 32.1. The van der Waals surface area contributed by atoms with E-state index in [-0.39, 0.29) is 0 Å². The molecular formula is C32H31N3S. The van der Waals surface area contributed by atoms with E-state index in [0.29, 0.717) is 11.8 Å². The van der Waals surface area contributed by atoms with Crippen molar-refractivity contribution in [3.05, 3.63) is 89.6 Å². The highest BCUT2D eigenvalue weighted by Crippen LogP contribution is 2.39. The van der Waals surface area contributed by atoms with E-state index in [1.54, 1.807) is 11.3 Å². The smallest absolute Gasteiger partial charge is 0.145 e. The van der Waals surface area contributed by atoms with E-state index in [4.69, 9.17) is 9.97 Å². The first-order chi connectivity index (χ1) is 17.5. The topological polar surface area (TPSA) is 30.7 Å². The Morgan fingerprint density at radius 3 is 2.25 bits per heavy atom. The molecule has 3 nitrogen and oxygen atoms in total. The van der Waals surface area contributed by atoms with Gasteiger partial charge in [0, 0.05) is 26.7 Å². The minimum Gasteiger partial charge on any atom is -0.292 e.